The predicted octanol–water partition coefficient (Wildman–Crippen LogP) is 3.49. The molecule has 27 heavy (non-hydrogen) atoms. The van der Waals surface area contributed by atoms with E-state index in [2.05, 4.69) is 35.1 Å². The first-order valence-corrected chi connectivity index (χ1v) is 10.8. The average molecular weight is 395 g/mol. The van der Waals surface area contributed by atoms with Crippen LogP contribution in [0, 0.1) is 5.92 Å². The van der Waals surface area contributed by atoms with Crippen LogP contribution in [0.3, 0.4) is 0 Å². The number of carbonyl (C=O) groups excluding carboxylic acids is 1. The van der Waals surface area contributed by atoms with E-state index in [0.29, 0.717) is 19.0 Å². The fraction of sp³-hybridized carbons (Fsp3) is 0.700. The highest BCUT2D eigenvalue weighted by atomic mass is 32.1. The van der Waals surface area contributed by atoms with Crippen molar-refractivity contribution in [2.75, 3.05) is 32.7 Å². The van der Waals surface area contributed by atoms with Crippen molar-refractivity contribution in [1.82, 2.24) is 15.5 Å². The Bertz CT molecular complexity index is 596. The predicted molar refractivity (Wildman–Crippen MR) is 113 cm³/mol. The van der Waals surface area contributed by atoms with Crippen LogP contribution in [0.4, 0.5) is 4.79 Å². The number of likely N-dealkylation sites (tertiary alicyclic amines) is 1. The summed E-state index contributed by atoms with van der Waals surface area (Å²) in [5.74, 6) is 1.22. The Morgan fingerprint density at radius 1 is 1.41 bits per heavy atom. The molecule has 1 amide bonds. The van der Waals surface area contributed by atoms with Crippen LogP contribution in [-0.4, -0.2) is 55.3 Å². The zero-order valence-electron chi connectivity index (χ0n) is 17.1. The van der Waals surface area contributed by atoms with Gasteiger partial charge in [-0.05, 0) is 64.3 Å². The van der Waals surface area contributed by atoms with Gasteiger partial charge in [-0.1, -0.05) is 6.07 Å². The molecule has 0 saturated carbocycles. The summed E-state index contributed by atoms with van der Waals surface area (Å²) in [6, 6.07) is 4.24. The van der Waals surface area contributed by atoms with Gasteiger partial charge in [-0.3, -0.25) is 4.99 Å². The highest BCUT2D eigenvalue weighted by Crippen LogP contribution is 2.19. The third-order valence-electron chi connectivity index (χ3n) is 4.27. The number of nitrogens with one attached hydrogen (secondary N) is 2. The SMILES string of the molecule is CCNC(=NCC1CCCN(C(=O)OC(C)(C)C)C1)NCCc1cccs1. The highest BCUT2D eigenvalue weighted by Gasteiger charge is 2.27. The zero-order chi connectivity index (χ0) is 19.7. The van der Waals surface area contributed by atoms with Gasteiger partial charge in [-0.2, -0.15) is 0 Å². The van der Waals surface area contributed by atoms with E-state index in [-0.39, 0.29) is 6.09 Å². The second-order valence-corrected chi connectivity index (χ2v) is 8.94. The molecule has 1 saturated heterocycles. The van der Waals surface area contributed by atoms with Crippen LogP contribution in [0.5, 0.6) is 0 Å². The fourth-order valence-corrected chi connectivity index (χ4v) is 3.74. The largest absolute Gasteiger partial charge is 0.444 e. The lowest BCUT2D eigenvalue weighted by Gasteiger charge is -2.33. The molecule has 6 nitrogen and oxygen atoms in total. The number of carbonyl (C=O) groups is 1. The highest BCUT2D eigenvalue weighted by molar-refractivity contribution is 7.09. The number of hydrogen-bond acceptors (Lipinski definition) is 4. The molecule has 0 aliphatic carbocycles. The van der Waals surface area contributed by atoms with E-state index in [1.165, 1.54) is 4.88 Å². The summed E-state index contributed by atoms with van der Waals surface area (Å²) < 4.78 is 5.51. The summed E-state index contributed by atoms with van der Waals surface area (Å²) in [6.07, 6.45) is 2.88. The van der Waals surface area contributed by atoms with Gasteiger partial charge in [0.25, 0.3) is 0 Å². The van der Waals surface area contributed by atoms with Crippen LogP contribution in [0.25, 0.3) is 0 Å². The lowest BCUT2D eigenvalue weighted by Crippen LogP contribution is -2.44. The van der Waals surface area contributed by atoms with Gasteiger partial charge in [0.2, 0.25) is 0 Å². The molecule has 7 heteroatoms. The van der Waals surface area contributed by atoms with Crippen LogP contribution in [0.2, 0.25) is 0 Å². The van der Waals surface area contributed by atoms with Crippen molar-refractivity contribution in [3.63, 3.8) is 0 Å². The third-order valence-corrected chi connectivity index (χ3v) is 5.20. The first-order chi connectivity index (χ1) is 12.9. The lowest BCUT2D eigenvalue weighted by molar-refractivity contribution is 0.0170. The number of guanidine groups is 1. The van der Waals surface area contributed by atoms with Crippen LogP contribution in [0.1, 0.15) is 45.4 Å². The number of rotatable bonds is 6. The van der Waals surface area contributed by atoms with E-state index in [4.69, 9.17) is 9.73 Å². The Morgan fingerprint density at radius 3 is 2.89 bits per heavy atom. The van der Waals surface area contributed by atoms with Gasteiger partial charge in [-0.15, -0.1) is 11.3 Å². The number of thiophene rings is 1. The summed E-state index contributed by atoms with van der Waals surface area (Å²) in [7, 11) is 0. The van der Waals surface area contributed by atoms with Gasteiger partial charge in [0, 0.05) is 37.6 Å². The van der Waals surface area contributed by atoms with Crippen molar-refractivity contribution >= 4 is 23.4 Å². The molecule has 1 aromatic heterocycles. The lowest BCUT2D eigenvalue weighted by atomic mass is 9.98. The van der Waals surface area contributed by atoms with Crippen molar-refractivity contribution in [1.29, 1.82) is 0 Å². The van der Waals surface area contributed by atoms with E-state index in [9.17, 15) is 4.79 Å². The van der Waals surface area contributed by atoms with E-state index in [1.54, 1.807) is 11.3 Å². The van der Waals surface area contributed by atoms with Crippen LogP contribution >= 0.6 is 11.3 Å². The molecule has 2 heterocycles. The van der Waals surface area contributed by atoms with E-state index in [0.717, 1.165) is 44.9 Å². The van der Waals surface area contributed by atoms with Crippen molar-refractivity contribution in [2.24, 2.45) is 10.9 Å². The first-order valence-electron chi connectivity index (χ1n) is 9.90. The molecular formula is C20H34N4O2S. The van der Waals surface area contributed by atoms with Gasteiger partial charge in [0.15, 0.2) is 5.96 Å². The molecule has 1 atom stereocenters. The second-order valence-electron chi connectivity index (χ2n) is 7.91. The molecule has 0 spiro atoms. The van der Waals surface area contributed by atoms with Crippen LogP contribution in [-0.2, 0) is 11.2 Å². The minimum Gasteiger partial charge on any atom is -0.444 e. The van der Waals surface area contributed by atoms with Gasteiger partial charge >= 0.3 is 6.09 Å². The molecule has 1 aliphatic heterocycles. The normalized spacial score (nSPS) is 18.3. The first kappa shape index (κ1) is 21.5. The molecule has 0 bridgehead atoms. The topological polar surface area (TPSA) is 66.0 Å². The maximum Gasteiger partial charge on any atom is 0.410 e. The number of piperidine rings is 1. The number of amides is 1. The molecule has 0 radical (unpaired) electrons. The Hall–Kier alpha value is -1.76. The quantitative estimate of drug-likeness (QED) is 0.573. The average Bonchev–Trinajstić information content (AvgIpc) is 3.12. The van der Waals surface area contributed by atoms with Gasteiger partial charge in [0.1, 0.15) is 5.60 Å². The molecule has 1 fully saturated rings. The summed E-state index contributed by atoms with van der Waals surface area (Å²) in [4.78, 5) is 20.2. The maximum atomic E-state index is 12.3. The second kappa shape index (κ2) is 10.5. The summed E-state index contributed by atoms with van der Waals surface area (Å²) in [5, 5.41) is 8.81. The van der Waals surface area contributed by atoms with Crippen molar-refractivity contribution in [3.8, 4) is 0 Å². The van der Waals surface area contributed by atoms with Gasteiger partial charge in [-0.25, -0.2) is 4.79 Å². The van der Waals surface area contributed by atoms with Crippen LogP contribution < -0.4 is 10.6 Å². The third kappa shape index (κ3) is 8.20. The molecule has 0 aromatic carbocycles. The van der Waals surface area contributed by atoms with Gasteiger partial charge in [0.05, 0.1) is 0 Å². The van der Waals surface area contributed by atoms with Gasteiger partial charge < -0.3 is 20.3 Å². The number of nitrogens with zero attached hydrogens (tertiary/aromatic N) is 2. The van der Waals surface area contributed by atoms with E-state index >= 15 is 0 Å². The number of ether oxygens (including phenoxy) is 1. The molecular weight excluding hydrogens is 360 g/mol. The number of aliphatic imine (C=N–C) groups is 1. The van der Waals surface area contributed by atoms with Crippen molar-refractivity contribution in [2.45, 2.75) is 52.6 Å². The Labute approximate surface area is 167 Å². The molecule has 1 aromatic rings. The van der Waals surface area contributed by atoms with E-state index < -0.39 is 5.60 Å². The number of hydrogen-bond donors (Lipinski definition) is 2. The maximum absolute atomic E-state index is 12.3. The molecule has 2 N–H and O–H groups in total. The molecule has 1 unspecified atom stereocenters. The minimum atomic E-state index is -0.452. The van der Waals surface area contributed by atoms with Crippen LogP contribution in [0.15, 0.2) is 22.5 Å². The fourth-order valence-electron chi connectivity index (χ4n) is 3.03. The summed E-state index contributed by atoms with van der Waals surface area (Å²) in [6.45, 7) is 11.7. The summed E-state index contributed by atoms with van der Waals surface area (Å²) in [5.41, 5.74) is -0.452. The Kier molecular flexibility index (Phi) is 8.41. The van der Waals surface area contributed by atoms with E-state index in [1.807, 2.05) is 25.7 Å². The zero-order valence-corrected chi connectivity index (χ0v) is 17.9. The minimum absolute atomic E-state index is 0.211. The molecule has 152 valence electrons. The monoisotopic (exact) mass is 394 g/mol. The Balaban J connectivity index is 1.81. The molecule has 2 rings (SSSR count). The molecule has 1 aliphatic rings. The van der Waals surface area contributed by atoms with Crippen molar-refractivity contribution in [3.05, 3.63) is 22.4 Å². The summed E-state index contributed by atoms with van der Waals surface area (Å²) >= 11 is 1.78. The van der Waals surface area contributed by atoms with Crippen molar-refractivity contribution < 1.29 is 9.53 Å². The smallest absolute Gasteiger partial charge is 0.410 e. The standard InChI is InChI=1S/C20H34N4O2S/c1-5-21-18(22-11-10-17-9-7-13-27-17)23-14-16-8-6-12-24(15-16)19(25)26-20(2,3)4/h7,9,13,16H,5-6,8,10-12,14-15H2,1-4H3,(H2,21,22,23). The Morgan fingerprint density at radius 2 is 2.22 bits per heavy atom.